The molecule has 7 heteroatoms. The van der Waals surface area contributed by atoms with Crippen molar-refractivity contribution < 1.29 is 4.74 Å². The van der Waals surface area contributed by atoms with Gasteiger partial charge in [0.2, 0.25) is 17.2 Å². The summed E-state index contributed by atoms with van der Waals surface area (Å²) in [6, 6.07) is 0. The van der Waals surface area contributed by atoms with Crippen LogP contribution in [0.3, 0.4) is 0 Å². The number of ether oxygens (including phenoxy) is 1. The first-order valence-electron chi connectivity index (χ1n) is 5.04. The van der Waals surface area contributed by atoms with E-state index in [1.165, 1.54) is 0 Å². The molecule has 0 aromatic carbocycles. The van der Waals surface area contributed by atoms with Gasteiger partial charge in [0.25, 0.3) is 0 Å². The highest BCUT2D eigenvalue weighted by molar-refractivity contribution is 6.28. The lowest BCUT2D eigenvalue weighted by molar-refractivity contribution is 0.158. The molecule has 0 aliphatic carbocycles. The minimum atomic E-state index is 0.178. The largest absolute Gasteiger partial charge is 0.380 e. The van der Waals surface area contributed by atoms with Crippen molar-refractivity contribution in [3.8, 4) is 0 Å². The van der Waals surface area contributed by atoms with Crippen LogP contribution < -0.4 is 10.2 Å². The molecule has 0 atom stereocenters. The Bertz CT molecular complexity index is 334. The number of hydrogen-bond acceptors (Lipinski definition) is 6. The van der Waals surface area contributed by atoms with Gasteiger partial charge in [0, 0.05) is 27.2 Å². The molecule has 0 aliphatic rings. The van der Waals surface area contributed by atoms with Crippen LogP contribution >= 0.6 is 11.6 Å². The standard InChI is InChI=1S/C9H16ClN5O/c1-4-16-6-5-11-8-12-7(10)13-9(14-8)15(2)3/h4-6H2,1-3H3,(H,11,12,13,14). The van der Waals surface area contributed by atoms with Gasteiger partial charge in [-0.15, -0.1) is 0 Å². The highest BCUT2D eigenvalue weighted by Crippen LogP contribution is 2.10. The normalized spacial score (nSPS) is 10.2. The third-order valence-electron chi connectivity index (χ3n) is 1.73. The van der Waals surface area contributed by atoms with E-state index in [0.717, 1.165) is 0 Å². The molecule has 0 fully saturated rings. The number of nitrogens with one attached hydrogen (secondary N) is 1. The Hall–Kier alpha value is -1.14. The highest BCUT2D eigenvalue weighted by atomic mass is 35.5. The summed E-state index contributed by atoms with van der Waals surface area (Å²) in [6.07, 6.45) is 0. The zero-order valence-electron chi connectivity index (χ0n) is 9.70. The maximum Gasteiger partial charge on any atom is 0.230 e. The van der Waals surface area contributed by atoms with Gasteiger partial charge in [-0.05, 0) is 18.5 Å². The molecule has 1 heterocycles. The third kappa shape index (κ3) is 4.16. The van der Waals surface area contributed by atoms with E-state index in [0.29, 0.717) is 31.7 Å². The van der Waals surface area contributed by atoms with Crippen LogP contribution in [0.5, 0.6) is 0 Å². The number of hydrogen-bond donors (Lipinski definition) is 1. The molecule has 0 saturated heterocycles. The van der Waals surface area contributed by atoms with Crippen LogP contribution in [0.25, 0.3) is 0 Å². The summed E-state index contributed by atoms with van der Waals surface area (Å²) in [5.41, 5.74) is 0. The maximum absolute atomic E-state index is 5.77. The molecule has 90 valence electrons. The van der Waals surface area contributed by atoms with Crippen molar-refractivity contribution in [2.24, 2.45) is 0 Å². The second-order valence-electron chi connectivity index (χ2n) is 3.25. The molecular formula is C9H16ClN5O. The first-order valence-corrected chi connectivity index (χ1v) is 5.41. The number of nitrogens with zero attached hydrogens (tertiary/aromatic N) is 4. The predicted octanol–water partition coefficient (Wildman–Crippen LogP) is 1.04. The Morgan fingerprint density at radius 3 is 2.69 bits per heavy atom. The summed E-state index contributed by atoms with van der Waals surface area (Å²) in [6.45, 7) is 3.89. The predicted molar refractivity (Wildman–Crippen MR) is 64.1 cm³/mol. The molecule has 1 aromatic heterocycles. The molecular weight excluding hydrogens is 230 g/mol. The monoisotopic (exact) mass is 245 g/mol. The fourth-order valence-electron chi connectivity index (χ4n) is 0.998. The van der Waals surface area contributed by atoms with Crippen molar-refractivity contribution in [3.63, 3.8) is 0 Å². The summed E-state index contributed by atoms with van der Waals surface area (Å²) in [4.78, 5) is 13.9. The minimum Gasteiger partial charge on any atom is -0.380 e. The molecule has 0 saturated carbocycles. The Morgan fingerprint density at radius 2 is 2.06 bits per heavy atom. The van der Waals surface area contributed by atoms with E-state index in [9.17, 15) is 0 Å². The summed E-state index contributed by atoms with van der Waals surface area (Å²) in [5.74, 6) is 0.988. The molecule has 0 unspecified atom stereocenters. The number of halogens is 1. The molecule has 16 heavy (non-hydrogen) atoms. The minimum absolute atomic E-state index is 0.178. The van der Waals surface area contributed by atoms with Crippen molar-refractivity contribution in [1.29, 1.82) is 0 Å². The molecule has 0 bridgehead atoms. The van der Waals surface area contributed by atoms with Crippen LogP contribution in [0.2, 0.25) is 5.28 Å². The van der Waals surface area contributed by atoms with E-state index >= 15 is 0 Å². The quantitative estimate of drug-likeness (QED) is 0.756. The van der Waals surface area contributed by atoms with Crippen molar-refractivity contribution in [2.75, 3.05) is 44.1 Å². The number of anilines is 2. The van der Waals surface area contributed by atoms with Gasteiger partial charge in [0.05, 0.1) is 6.61 Å². The summed E-state index contributed by atoms with van der Waals surface area (Å²) >= 11 is 5.77. The van der Waals surface area contributed by atoms with Crippen LogP contribution in [0.15, 0.2) is 0 Å². The maximum atomic E-state index is 5.77. The van der Waals surface area contributed by atoms with Crippen molar-refractivity contribution >= 4 is 23.5 Å². The Kier molecular flexibility index (Phi) is 5.21. The van der Waals surface area contributed by atoms with Crippen molar-refractivity contribution in [3.05, 3.63) is 5.28 Å². The Balaban J connectivity index is 2.58. The summed E-state index contributed by atoms with van der Waals surface area (Å²) < 4.78 is 5.19. The smallest absolute Gasteiger partial charge is 0.230 e. The van der Waals surface area contributed by atoms with Gasteiger partial charge in [0.1, 0.15) is 0 Å². The van der Waals surface area contributed by atoms with Crippen LogP contribution in [0.4, 0.5) is 11.9 Å². The average molecular weight is 246 g/mol. The Labute approximate surface area is 100 Å². The van der Waals surface area contributed by atoms with E-state index in [1.807, 2.05) is 21.0 Å². The van der Waals surface area contributed by atoms with E-state index in [1.54, 1.807) is 4.90 Å². The van der Waals surface area contributed by atoms with Crippen LogP contribution in [0, 0.1) is 0 Å². The lowest BCUT2D eigenvalue weighted by atomic mass is 10.6. The number of aromatic nitrogens is 3. The third-order valence-corrected chi connectivity index (χ3v) is 1.90. The highest BCUT2D eigenvalue weighted by Gasteiger charge is 2.05. The lowest BCUT2D eigenvalue weighted by Gasteiger charge is -2.11. The van der Waals surface area contributed by atoms with E-state index < -0.39 is 0 Å². The molecule has 1 aromatic rings. The zero-order chi connectivity index (χ0) is 12.0. The number of rotatable bonds is 6. The first-order chi connectivity index (χ1) is 7.63. The molecule has 1 rings (SSSR count). The van der Waals surface area contributed by atoms with Gasteiger partial charge in [-0.3, -0.25) is 0 Å². The first kappa shape index (κ1) is 12.9. The van der Waals surface area contributed by atoms with Crippen LogP contribution in [0.1, 0.15) is 6.92 Å². The fraction of sp³-hybridized carbons (Fsp3) is 0.667. The molecule has 6 nitrogen and oxygen atoms in total. The van der Waals surface area contributed by atoms with Gasteiger partial charge in [-0.25, -0.2) is 0 Å². The fourth-order valence-corrected chi connectivity index (χ4v) is 1.15. The molecule has 0 amide bonds. The van der Waals surface area contributed by atoms with Gasteiger partial charge in [-0.1, -0.05) is 0 Å². The zero-order valence-corrected chi connectivity index (χ0v) is 10.5. The van der Waals surface area contributed by atoms with Crippen LogP contribution in [-0.4, -0.2) is 48.8 Å². The average Bonchev–Trinajstić information content (AvgIpc) is 2.23. The molecule has 0 aliphatic heterocycles. The van der Waals surface area contributed by atoms with Crippen LogP contribution in [-0.2, 0) is 4.74 Å². The summed E-state index contributed by atoms with van der Waals surface area (Å²) in [5, 5.41) is 3.20. The lowest BCUT2D eigenvalue weighted by Crippen LogP contribution is -2.17. The van der Waals surface area contributed by atoms with Crippen molar-refractivity contribution in [1.82, 2.24) is 15.0 Å². The van der Waals surface area contributed by atoms with Gasteiger partial charge in [-0.2, -0.15) is 15.0 Å². The van der Waals surface area contributed by atoms with Gasteiger partial charge < -0.3 is 15.0 Å². The molecule has 0 radical (unpaired) electrons. The second kappa shape index (κ2) is 6.44. The molecule has 1 N–H and O–H groups in total. The van der Waals surface area contributed by atoms with E-state index in [4.69, 9.17) is 16.3 Å². The topological polar surface area (TPSA) is 63.2 Å². The molecule has 0 spiro atoms. The summed E-state index contributed by atoms with van der Waals surface area (Å²) in [7, 11) is 3.69. The SMILES string of the molecule is CCOCCNc1nc(Cl)nc(N(C)C)n1. The van der Waals surface area contributed by atoms with Gasteiger partial charge in [0.15, 0.2) is 0 Å². The van der Waals surface area contributed by atoms with E-state index in [2.05, 4.69) is 20.3 Å². The van der Waals surface area contributed by atoms with Gasteiger partial charge >= 0.3 is 0 Å². The second-order valence-corrected chi connectivity index (χ2v) is 3.58. The van der Waals surface area contributed by atoms with Crippen molar-refractivity contribution in [2.45, 2.75) is 6.92 Å². The Morgan fingerprint density at radius 1 is 1.31 bits per heavy atom. The van der Waals surface area contributed by atoms with E-state index in [-0.39, 0.29) is 5.28 Å².